The van der Waals surface area contributed by atoms with Gasteiger partial charge in [0.15, 0.2) is 0 Å². The molecule has 0 saturated carbocycles. The molecule has 2 aromatic rings. The summed E-state index contributed by atoms with van der Waals surface area (Å²) in [6.07, 6.45) is 0. The molecule has 21 heavy (non-hydrogen) atoms. The number of hydrogen-bond donors (Lipinski definition) is 0. The Kier molecular flexibility index (Phi) is 4.87. The second kappa shape index (κ2) is 6.83. The van der Waals surface area contributed by atoms with E-state index in [9.17, 15) is 0 Å². The molecule has 0 unspecified atom stereocenters. The molecule has 1 heterocycles. The van der Waals surface area contributed by atoms with E-state index in [-0.39, 0.29) is 0 Å². The van der Waals surface area contributed by atoms with Gasteiger partial charge in [-0.05, 0) is 53.2 Å². The van der Waals surface area contributed by atoms with Crippen LogP contribution in [-0.4, -0.2) is 20.7 Å². The van der Waals surface area contributed by atoms with E-state index in [4.69, 9.17) is 4.84 Å². The zero-order chi connectivity index (χ0) is 15.2. The van der Waals surface area contributed by atoms with Gasteiger partial charge in [-0.1, -0.05) is 0 Å². The molecule has 0 spiro atoms. The molecule has 0 fully saturated rings. The molecule has 0 atom stereocenters. The van der Waals surface area contributed by atoms with Crippen molar-refractivity contribution in [2.45, 2.75) is 13.8 Å². The molecule has 0 aliphatic heterocycles. The maximum atomic E-state index is 5.29. The molecule has 0 aliphatic rings. The normalized spacial score (nSPS) is 10.9. The van der Waals surface area contributed by atoms with Gasteiger partial charge in [-0.3, -0.25) is 0 Å². The van der Waals surface area contributed by atoms with Crippen LogP contribution in [0.15, 0.2) is 52.7 Å². The minimum Gasteiger partial charge on any atom is -0.375 e. The highest BCUT2D eigenvalue weighted by Gasteiger charge is 2.12. The van der Waals surface area contributed by atoms with E-state index in [1.54, 1.807) is 11.8 Å². The molecule has 0 aliphatic carbocycles. The van der Waals surface area contributed by atoms with Gasteiger partial charge in [0.1, 0.15) is 18.5 Å². The van der Waals surface area contributed by atoms with Crippen LogP contribution in [0.5, 0.6) is 0 Å². The van der Waals surface area contributed by atoms with E-state index in [0.717, 1.165) is 17.9 Å². The smallest absolute Gasteiger partial charge is 0.375 e. The first-order valence-electron chi connectivity index (χ1n) is 6.94. The molecule has 2 rings (SSSR count). The molecule has 1 aromatic heterocycles. The lowest BCUT2D eigenvalue weighted by atomic mass is 10.2. The van der Waals surface area contributed by atoms with E-state index < -0.39 is 0 Å². The minimum absolute atomic E-state index is 0.659. The van der Waals surface area contributed by atoms with Crippen LogP contribution < -0.4 is 14.5 Å². The van der Waals surface area contributed by atoms with E-state index in [1.807, 2.05) is 49.4 Å². The average Bonchev–Trinajstić information content (AvgIpc) is 2.52. The Morgan fingerprint density at radius 3 is 2.43 bits per heavy atom. The number of benzene rings is 1. The van der Waals surface area contributed by atoms with Crippen LogP contribution >= 0.6 is 0 Å². The number of rotatable bonds is 5. The maximum absolute atomic E-state index is 5.29. The lowest BCUT2D eigenvalue weighted by molar-refractivity contribution is -0.879. The molecule has 5 heteroatoms. The first kappa shape index (κ1) is 15.0. The average molecular weight is 285 g/mol. The van der Waals surface area contributed by atoms with Crippen molar-refractivity contribution in [2.75, 3.05) is 25.6 Å². The predicted octanol–water partition coefficient (Wildman–Crippen LogP) is 3.21. The number of azo groups is 1. The first-order valence-corrected chi connectivity index (χ1v) is 6.94. The van der Waals surface area contributed by atoms with E-state index >= 15 is 0 Å². The third kappa shape index (κ3) is 3.56. The SMILES string of the molecule is CCN(C)c1ccc(N=Nc2cccc(C)[n+]2OC)cc1. The van der Waals surface area contributed by atoms with Crippen LogP contribution in [0.25, 0.3) is 0 Å². The van der Waals surface area contributed by atoms with Gasteiger partial charge < -0.3 is 9.74 Å². The summed E-state index contributed by atoms with van der Waals surface area (Å²) in [6, 6.07) is 13.7. The number of aryl methyl sites for hydroxylation is 1. The topological polar surface area (TPSA) is 41.1 Å². The van der Waals surface area contributed by atoms with Gasteiger partial charge in [-0.2, -0.15) is 0 Å². The Bertz CT molecular complexity index is 623. The third-order valence-electron chi connectivity index (χ3n) is 3.33. The fraction of sp³-hybridized carbons (Fsp3) is 0.312. The number of nitrogens with zero attached hydrogens (tertiary/aromatic N) is 4. The number of anilines is 1. The van der Waals surface area contributed by atoms with Crippen molar-refractivity contribution in [3.63, 3.8) is 0 Å². The van der Waals surface area contributed by atoms with Crippen molar-refractivity contribution in [1.29, 1.82) is 0 Å². The van der Waals surface area contributed by atoms with Gasteiger partial charge in [0.2, 0.25) is 0 Å². The highest BCUT2D eigenvalue weighted by Crippen LogP contribution is 2.20. The van der Waals surface area contributed by atoms with Crippen LogP contribution in [0.2, 0.25) is 0 Å². The summed E-state index contributed by atoms with van der Waals surface area (Å²) in [4.78, 5) is 7.45. The van der Waals surface area contributed by atoms with Crippen LogP contribution in [0.4, 0.5) is 17.2 Å². The molecular formula is C16H21N4O+. The predicted molar refractivity (Wildman–Crippen MR) is 83.4 cm³/mol. The van der Waals surface area contributed by atoms with E-state index in [0.29, 0.717) is 5.82 Å². The molecule has 0 bridgehead atoms. The highest BCUT2D eigenvalue weighted by atomic mass is 16.6. The molecule has 0 N–H and O–H groups in total. The summed E-state index contributed by atoms with van der Waals surface area (Å²) in [5.74, 6) is 0.659. The Labute approximate surface area is 125 Å². The Morgan fingerprint density at radius 1 is 1.10 bits per heavy atom. The van der Waals surface area contributed by atoms with Crippen molar-refractivity contribution in [3.8, 4) is 0 Å². The summed E-state index contributed by atoms with van der Waals surface area (Å²) in [6.45, 7) is 5.05. The molecule has 0 amide bonds. The molecule has 5 nitrogen and oxygen atoms in total. The Balaban J connectivity index is 2.20. The van der Waals surface area contributed by atoms with Gasteiger partial charge in [0.05, 0.1) is 5.11 Å². The summed E-state index contributed by atoms with van der Waals surface area (Å²) in [5, 5.41) is 8.51. The van der Waals surface area contributed by atoms with E-state index in [1.165, 1.54) is 5.69 Å². The molecule has 0 radical (unpaired) electrons. The molecule has 1 aromatic carbocycles. The fourth-order valence-corrected chi connectivity index (χ4v) is 1.97. The van der Waals surface area contributed by atoms with Crippen molar-refractivity contribution in [3.05, 3.63) is 48.2 Å². The maximum Gasteiger partial charge on any atom is 0.389 e. The molecule has 0 saturated heterocycles. The number of hydrogen-bond acceptors (Lipinski definition) is 4. The number of pyridine rings is 1. The second-order valence-corrected chi connectivity index (χ2v) is 4.73. The lowest BCUT2D eigenvalue weighted by Gasteiger charge is -2.15. The van der Waals surface area contributed by atoms with Crippen molar-refractivity contribution in [1.82, 2.24) is 0 Å². The zero-order valence-corrected chi connectivity index (χ0v) is 12.9. The van der Waals surface area contributed by atoms with Crippen molar-refractivity contribution < 1.29 is 9.57 Å². The summed E-state index contributed by atoms with van der Waals surface area (Å²) < 4.78 is 1.64. The van der Waals surface area contributed by atoms with Gasteiger partial charge in [0.25, 0.3) is 0 Å². The summed E-state index contributed by atoms with van der Waals surface area (Å²) in [7, 11) is 3.67. The molecule has 110 valence electrons. The zero-order valence-electron chi connectivity index (χ0n) is 12.9. The largest absolute Gasteiger partial charge is 0.389 e. The van der Waals surface area contributed by atoms with Crippen LogP contribution in [0, 0.1) is 6.92 Å². The Hall–Kier alpha value is -2.43. The minimum atomic E-state index is 0.659. The lowest BCUT2D eigenvalue weighted by Crippen LogP contribution is -2.43. The third-order valence-corrected chi connectivity index (χ3v) is 3.33. The van der Waals surface area contributed by atoms with Crippen molar-refractivity contribution >= 4 is 17.2 Å². The van der Waals surface area contributed by atoms with Gasteiger partial charge >= 0.3 is 5.82 Å². The van der Waals surface area contributed by atoms with Gasteiger partial charge in [-0.25, -0.2) is 0 Å². The summed E-state index contributed by atoms with van der Waals surface area (Å²) >= 11 is 0. The first-order chi connectivity index (χ1) is 10.2. The van der Waals surface area contributed by atoms with Gasteiger partial charge in [0, 0.05) is 32.3 Å². The van der Waals surface area contributed by atoms with Gasteiger partial charge in [-0.15, -0.1) is 0 Å². The number of aromatic nitrogens is 1. The van der Waals surface area contributed by atoms with Crippen LogP contribution in [0.1, 0.15) is 12.6 Å². The Morgan fingerprint density at radius 2 is 1.81 bits per heavy atom. The quantitative estimate of drug-likeness (QED) is 0.625. The van der Waals surface area contributed by atoms with Crippen molar-refractivity contribution in [2.24, 2.45) is 10.2 Å². The van der Waals surface area contributed by atoms with E-state index in [2.05, 4.69) is 29.1 Å². The second-order valence-electron chi connectivity index (χ2n) is 4.73. The van der Waals surface area contributed by atoms with Crippen LogP contribution in [0.3, 0.4) is 0 Å². The highest BCUT2D eigenvalue weighted by molar-refractivity contribution is 5.52. The fourth-order valence-electron chi connectivity index (χ4n) is 1.97. The standard InChI is InChI=1S/C16H21N4O/c1-5-19(3)15-11-9-14(10-12-15)17-18-16-8-6-7-13(2)20(16)21-4/h6-12H,5H2,1-4H3/q+1. The summed E-state index contributed by atoms with van der Waals surface area (Å²) in [5.41, 5.74) is 2.94. The molecular weight excluding hydrogens is 264 g/mol. The monoisotopic (exact) mass is 285 g/mol. The van der Waals surface area contributed by atoms with Crippen LogP contribution in [-0.2, 0) is 0 Å².